The number of hydrogen-bond donors (Lipinski definition) is 2. The van der Waals surface area contributed by atoms with E-state index in [1.54, 1.807) is 6.20 Å². The van der Waals surface area contributed by atoms with Crippen molar-refractivity contribution >= 4 is 6.21 Å². The van der Waals surface area contributed by atoms with Crippen molar-refractivity contribution in [3.05, 3.63) is 84.2 Å². The van der Waals surface area contributed by atoms with E-state index in [1.807, 2.05) is 36.8 Å². The zero-order chi connectivity index (χ0) is 17.8. The van der Waals surface area contributed by atoms with Crippen LogP contribution in [0.1, 0.15) is 24.1 Å². The first-order valence-electron chi connectivity index (χ1n) is 8.73. The van der Waals surface area contributed by atoms with Crippen LogP contribution >= 0.6 is 0 Å². The average Bonchev–Trinajstić information content (AvgIpc) is 3.22. The maximum atomic E-state index is 4.49. The summed E-state index contributed by atoms with van der Waals surface area (Å²) >= 11 is 0. The van der Waals surface area contributed by atoms with Crippen LogP contribution in [-0.4, -0.2) is 38.5 Å². The molecular formula is C20H22N6. The molecule has 0 spiro atoms. The summed E-state index contributed by atoms with van der Waals surface area (Å²) in [6, 6.07) is 6.06. The smallest absolute Gasteiger partial charge is 0.112 e. The Morgan fingerprint density at radius 3 is 3.12 bits per heavy atom. The maximum absolute atomic E-state index is 4.49. The summed E-state index contributed by atoms with van der Waals surface area (Å²) < 4.78 is 0. The lowest BCUT2D eigenvalue weighted by Crippen LogP contribution is -2.52. The van der Waals surface area contributed by atoms with Crippen molar-refractivity contribution in [2.24, 2.45) is 4.99 Å². The van der Waals surface area contributed by atoms with E-state index < -0.39 is 0 Å². The lowest BCUT2D eigenvalue weighted by Gasteiger charge is -2.46. The number of allylic oxidation sites excluding steroid dienone is 3. The molecule has 0 fully saturated rings. The largest absolute Gasteiger partial charge is 0.367 e. The van der Waals surface area contributed by atoms with Crippen molar-refractivity contribution in [1.82, 2.24) is 25.4 Å². The third-order valence-electron chi connectivity index (χ3n) is 4.95. The Balaban J connectivity index is 1.59. The Bertz CT molecular complexity index is 850. The highest BCUT2D eigenvalue weighted by Crippen LogP contribution is 2.39. The molecule has 0 amide bonds. The van der Waals surface area contributed by atoms with Crippen LogP contribution in [0.25, 0.3) is 0 Å². The van der Waals surface area contributed by atoms with Gasteiger partial charge in [0, 0.05) is 37.3 Å². The van der Waals surface area contributed by atoms with Crippen molar-refractivity contribution in [3.8, 4) is 0 Å². The van der Waals surface area contributed by atoms with Gasteiger partial charge in [0.25, 0.3) is 0 Å². The second kappa shape index (κ2) is 7.00. The number of H-pyrrole nitrogens is 1. The molecular weight excluding hydrogens is 324 g/mol. The Kier molecular flexibility index (Phi) is 4.39. The van der Waals surface area contributed by atoms with Crippen molar-refractivity contribution in [2.75, 3.05) is 6.67 Å². The van der Waals surface area contributed by atoms with E-state index in [9.17, 15) is 0 Å². The van der Waals surface area contributed by atoms with Gasteiger partial charge in [-0.2, -0.15) is 5.10 Å². The number of rotatable bonds is 5. The predicted molar refractivity (Wildman–Crippen MR) is 102 cm³/mol. The number of pyridine rings is 1. The molecule has 26 heavy (non-hydrogen) atoms. The minimum absolute atomic E-state index is 0.135. The van der Waals surface area contributed by atoms with Crippen molar-refractivity contribution in [1.29, 1.82) is 0 Å². The number of nitrogens with one attached hydrogen (secondary N) is 2. The van der Waals surface area contributed by atoms with Gasteiger partial charge in [0.15, 0.2) is 0 Å². The highest BCUT2D eigenvalue weighted by molar-refractivity contribution is 5.73. The molecule has 2 atom stereocenters. The lowest BCUT2D eigenvalue weighted by molar-refractivity contribution is 0.165. The molecule has 0 aromatic carbocycles. The van der Waals surface area contributed by atoms with Crippen molar-refractivity contribution < 1.29 is 0 Å². The number of aromatic nitrogens is 3. The van der Waals surface area contributed by atoms with Gasteiger partial charge in [0.05, 0.1) is 11.2 Å². The standard InChI is InChI=1S/C20H22N6/c1-20(9-3-2-6-17(20)18-7-12-24-25-18)26-15-22-11-8-19(26)23-14-16-5-4-10-21-13-16/h2-13,17,23H,14-15H2,1H3,(H,24,25). The van der Waals surface area contributed by atoms with E-state index in [2.05, 4.69) is 67.7 Å². The Hall–Kier alpha value is -3.15. The first kappa shape index (κ1) is 16.3. The molecule has 0 saturated heterocycles. The molecule has 4 rings (SSSR count). The molecule has 132 valence electrons. The van der Waals surface area contributed by atoms with Crippen LogP contribution in [0.3, 0.4) is 0 Å². The van der Waals surface area contributed by atoms with Gasteiger partial charge >= 0.3 is 0 Å². The summed E-state index contributed by atoms with van der Waals surface area (Å²) in [5.41, 5.74) is 1.90. The number of hydrogen-bond acceptors (Lipinski definition) is 5. The van der Waals surface area contributed by atoms with Gasteiger partial charge in [-0.05, 0) is 30.7 Å². The zero-order valence-corrected chi connectivity index (χ0v) is 14.7. The Morgan fingerprint density at radius 2 is 2.31 bits per heavy atom. The highest BCUT2D eigenvalue weighted by Gasteiger charge is 2.40. The first-order valence-corrected chi connectivity index (χ1v) is 8.73. The summed E-state index contributed by atoms with van der Waals surface area (Å²) in [7, 11) is 0. The van der Waals surface area contributed by atoms with Gasteiger partial charge in [-0.1, -0.05) is 30.4 Å². The minimum atomic E-state index is -0.268. The molecule has 2 aromatic heterocycles. The molecule has 6 heteroatoms. The van der Waals surface area contributed by atoms with Crippen LogP contribution < -0.4 is 5.32 Å². The van der Waals surface area contributed by atoms with E-state index in [-0.39, 0.29) is 11.5 Å². The lowest BCUT2D eigenvalue weighted by atomic mass is 9.78. The molecule has 1 aliphatic carbocycles. The molecule has 0 saturated carbocycles. The second-order valence-corrected chi connectivity index (χ2v) is 6.61. The van der Waals surface area contributed by atoms with Crippen LogP contribution in [0.2, 0.25) is 0 Å². The highest BCUT2D eigenvalue weighted by atomic mass is 15.3. The monoisotopic (exact) mass is 346 g/mol. The van der Waals surface area contributed by atoms with Gasteiger partial charge in [-0.3, -0.25) is 15.1 Å². The fourth-order valence-corrected chi connectivity index (χ4v) is 3.50. The molecule has 6 nitrogen and oxygen atoms in total. The van der Waals surface area contributed by atoms with E-state index in [4.69, 9.17) is 0 Å². The van der Waals surface area contributed by atoms with E-state index in [0.717, 1.165) is 17.1 Å². The summed E-state index contributed by atoms with van der Waals surface area (Å²) in [4.78, 5) is 11.0. The molecule has 2 unspecified atom stereocenters. The minimum Gasteiger partial charge on any atom is -0.367 e. The predicted octanol–water partition coefficient (Wildman–Crippen LogP) is 2.75. The Labute approximate surface area is 153 Å². The van der Waals surface area contributed by atoms with Gasteiger partial charge in [0.2, 0.25) is 0 Å². The van der Waals surface area contributed by atoms with Gasteiger partial charge in [0.1, 0.15) is 12.5 Å². The second-order valence-electron chi connectivity index (χ2n) is 6.61. The summed E-state index contributed by atoms with van der Waals surface area (Å²) in [6.45, 7) is 3.54. The van der Waals surface area contributed by atoms with Crippen LogP contribution in [0.5, 0.6) is 0 Å². The number of nitrogens with zero attached hydrogens (tertiary/aromatic N) is 4. The molecule has 1 aliphatic heterocycles. The molecule has 2 aliphatic rings. The number of aliphatic imine (C=N–C) groups is 1. The fraction of sp³-hybridized carbons (Fsp3) is 0.250. The van der Waals surface area contributed by atoms with Crippen molar-refractivity contribution in [2.45, 2.75) is 24.9 Å². The van der Waals surface area contributed by atoms with Crippen LogP contribution in [-0.2, 0) is 6.54 Å². The Morgan fingerprint density at radius 1 is 1.35 bits per heavy atom. The molecule has 0 bridgehead atoms. The zero-order valence-electron chi connectivity index (χ0n) is 14.7. The van der Waals surface area contributed by atoms with E-state index >= 15 is 0 Å². The summed E-state index contributed by atoms with van der Waals surface area (Å²) in [5, 5.41) is 10.9. The SMILES string of the molecule is CC1(N2CN=CC=C2NCc2cccnc2)C=CC=CC1c1cc[nH]n1. The van der Waals surface area contributed by atoms with E-state index in [0.29, 0.717) is 13.2 Å². The third kappa shape index (κ3) is 3.06. The first-order chi connectivity index (χ1) is 12.8. The van der Waals surface area contributed by atoms with Crippen LogP contribution in [0.15, 0.2) is 78.0 Å². The van der Waals surface area contributed by atoms with E-state index in [1.165, 1.54) is 0 Å². The van der Waals surface area contributed by atoms with Crippen LogP contribution in [0, 0.1) is 0 Å². The fourth-order valence-electron chi connectivity index (χ4n) is 3.50. The summed E-state index contributed by atoms with van der Waals surface area (Å²) in [6.07, 6.45) is 18.0. The quantitative estimate of drug-likeness (QED) is 0.873. The topological polar surface area (TPSA) is 69.2 Å². The molecule has 0 radical (unpaired) electrons. The normalized spacial score (nSPS) is 24.6. The number of aromatic amines is 1. The van der Waals surface area contributed by atoms with Gasteiger partial charge < -0.3 is 10.2 Å². The van der Waals surface area contributed by atoms with Gasteiger partial charge in [-0.25, -0.2) is 0 Å². The van der Waals surface area contributed by atoms with Crippen molar-refractivity contribution in [3.63, 3.8) is 0 Å². The maximum Gasteiger partial charge on any atom is 0.112 e. The summed E-state index contributed by atoms with van der Waals surface area (Å²) in [5.74, 6) is 1.18. The molecule has 2 N–H and O–H groups in total. The third-order valence-corrected chi connectivity index (χ3v) is 4.95. The molecule has 2 aromatic rings. The average molecular weight is 346 g/mol. The molecule has 3 heterocycles. The van der Waals surface area contributed by atoms with Gasteiger partial charge in [-0.15, -0.1) is 0 Å². The van der Waals surface area contributed by atoms with Crippen LogP contribution in [0.4, 0.5) is 0 Å².